The fourth-order valence-corrected chi connectivity index (χ4v) is 7.42. The third-order valence-electron chi connectivity index (χ3n) is 8.51. The lowest BCUT2D eigenvalue weighted by atomic mass is 9.81. The number of fused-ring (bicyclic) bond motifs is 5. The minimum Gasteiger partial charge on any atom is -0.410 e. The number of hydrogen-bond acceptors (Lipinski definition) is 7. The smallest absolute Gasteiger partial charge is 0.410 e. The van der Waals surface area contributed by atoms with Crippen LogP contribution in [0.25, 0.3) is 5.70 Å². The number of nitrogens with zero attached hydrogens (tertiary/aromatic N) is 3. The number of aromatic nitrogens is 2. The molecule has 0 radical (unpaired) electrons. The van der Waals surface area contributed by atoms with E-state index in [0.717, 1.165) is 25.7 Å². The second kappa shape index (κ2) is 9.96. The van der Waals surface area contributed by atoms with Crippen molar-refractivity contribution in [2.75, 3.05) is 10.2 Å². The van der Waals surface area contributed by atoms with E-state index >= 15 is 0 Å². The lowest BCUT2D eigenvalue weighted by Gasteiger charge is -2.30. The molecule has 1 amide bonds. The van der Waals surface area contributed by atoms with Crippen LogP contribution in [0.1, 0.15) is 33.0 Å². The molecule has 0 bridgehead atoms. The van der Waals surface area contributed by atoms with Crippen LogP contribution in [0.3, 0.4) is 0 Å². The zero-order valence-electron chi connectivity index (χ0n) is 24.1. The second-order valence-electron chi connectivity index (χ2n) is 11.0. The molecule has 1 N–H and O–H groups in total. The number of carbonyl (C=O) groups excluding carboxylic acids is 2. The number of nitrogens with one attached hydrogen (secondary N) is 1. The molecule has 1 unspecified atom stereocenters. The van der Waals surface area contributed by atoms with Gasteiger partial charge in [0.1, 0.15) is 11.6 Å². The summed E-state index contributed by atoms with van der Waals surface area (Å²) in [6.07, 6.45) is -0.564. The molecular formula is C35H24N4O5S. The highest BCUT2D eigenvalue weighted by Gasteiger charge is 2.42. The van der Waals surface area contributed by atoms with Crippen LogP contribution in [0.5, 0.6) is 5.75 Å². The number of amides is 1. The number of benzene rings is 4. The van der Waals surface area contributed by atoms with E-state index < -0.39 is 23.3 Å². The minimum atomic E-state index is -0.760. The first-order valence-electron chi connectivity index (χ1n) is 14.3. The Kier molecular flexibility index (Phi) is 5.97. The number of anilines is 3. The number of hydrogen-bond donors (Lipinski definition) is 1. The van der Waals surface area contributed by atoms with Crippen LogP contribution < -0.4 is 26.2 Å². The maximum Gasteiger partial charge on any atom is 0.424 e. The second-order valence-corrected chi connectivity index (χ2v) is 12.1. The Morgan fingerprint density at radius 2 is 1.36 bits per heavy atom. The first-order valence-corrected chi connectivity index (χ1v) is 15.1. The summed E-state index contributed by atoms with van der Waals surface area (Å²) in [5.74, 6) is -0.304. The van der Waals surface area contributed by atoms with Crippen LogP contribution in [0.4, 0.5) is 22.0 Å². The average molecular weight is 613 g/mol. The molecule has 10 heteroatoms. The number of Topliss-reactive ketones (excluding diaryl/α,β-unsaturated/α-hetero) is 1. The Labute approximate surface area is 261 Å². The van der Waals surface area contributed by atoms with Crippen molar-refractivity contribution in [3.8, 4) is 5.75 Å². The Morgan fingerprint density at radius 3 is 2.02 bits per heavy atom. The van der Waals surface area contributed by atoms with E-state index in [2.05, 4.69) is 5.32 Å². The monoisotopic (exact) mass is 612 g/mol. The minimum absolute atomic E-state index is 0.185. The number of ketones is 1. The molecule has 2 aliphatic heterocycles. The maximum atomic E-state index is 13.8. The van der Waals surface area contributed by atoms with Crippen LogP contribution >= 0.6 is 11.8 Å². The van der Waals surface area contributed by atoms with Gasteiger partial charge in [-0.25, -0.2) is 14.5 Å². The number of para-hydroxylation sites is 2. The summed E-state index contributed by atoms with van der Waals surface area (Å²) in [6.45, 7) is 0. The molecule has 0 spiro atoms. The highest BCUT2D eigenvalue weighted by Crippen LogP contribution is 2.49. The standard InChI is InChI=1S/C35H24N4O5S/c1-37-32-29(33(41)38(2)34(37)42)27(28-30(36-32)21-9-3-4-10-22(21)31(28)40)19-15-17-20(18-16-19)44-35(43)39-23-11-5-7-13-25(23)45-26-14-8-6-12-24(26)39/h3-18,27,36H,1-2H3. The van der Waals surface area contributed by atoms with Gasteiger partial charge >= 0.3 is 11.8 Å². The third kappa shape index (κ3) is 3.95. The molecule has 3 heterocycles. The van der Waals surface area contributed by atoms with E-state index in [9.17, 15) is 19.2 Å². The van der Waals surface area contributed by atoms with Crippen molar-refractivity contribution in [2.45, 2.75) is 15.7 Å². The summed E-state index contributed by atoms with van der Waals surface area (Å²) in [6, 6.07) is 29.4. The topological polar surface area (TPSA) is 103 Å². The van der Waals surface area contributed by atoms with E-state index in [1.54, 1.807) is 60.1 Å². The van der Waals surface area contributed by atoms with Crippen molar-refractivity contribution in [1.82, 2.24) is 9.13 Å². The SMILES string of the molecule is Cn1c2c(c(=O)n(C)c1=O)C(c1ccc(OC(=O)N3c4ccccc4Sc4ccccc43)cc1)C1=C(N2)c2ccccc2C1=O. The van der Waals surface area contributed by atoms with Gasteiger partial charge in [-0.05, 0) is 42.0 Å². The number of allylic oxidation sites excluding steroid dienone is 1. The van der Waals surface area contributed by atoms with Gasteiger partial charge in [-0.15, -0.1) is 0 Å². The Balaban J connectivity index is 1.20. The molecule has 3 aliphatic rings. The largest absolute Gasteiger partial charge is 0.424 e. The average Bonchev–Trinajstić information content (AvgIpc) is 3.35. The summed E-state index contributed by atoms with van der Waals surface area (Å²) in [7, 11) is 3.02. The van der Waals surface area contributed by atoms with Gasteiger partial charge in [0.2, 0.25) is 0 Å². The molecule has 4 aromatic carbocycles. The molecule has 1 atom stereocenters. The predicted octanol–water partition coefficient (Wildman–Crippen LogP) is 6.05. The van der Waals surface area contributed by atoms with Crippen LogP contribution in [0.15, 0.2) is 122 Å². The molecule has 220 valence electrons. The molecule has 1 aromatic heterocycles. The first-order chi connectivity index (χ1) is 21.8. The van der Waals surface area contributed by atoms with Crippen molar-refractivity contribution in [1.29, 1.82) is 0 Å². The van der Waals surface area contributed by atoms with Gasteiger partial charge in [0, 0.05) is 46.5 Å². The normalized spacial score (nSPS) is 15.8. The highest BCUT2D eigenvalue weighted by atomic mass is 32.2. The van der Waals surface area contributed by atoms with Crippen LogP contribution in [0, 0.1) is 0 Å². The molecule has 0 fully saturated rings. The van der Waals surface area contributed by atoms with Crippen molar-refractivity contribution < 1.29 is 14.3 Å². The maximum absolute atomic E-state index is 13.8. The highest BCUT2D eigenvalue weighted by molar-refractivity contribution is 7.99. The third-order valence-corrected chi connectivity index (χ3v) is 9.64. The van der Waals surface area contributed by atoms with Crippen molar-refractivity contribution in [2.24, 2.45) is 14.1 Å². The van der Waals surface area contributed by atoms with Crippen molar-refractivity contribution in [3.05, 3.63) is 146 Å². The van der Waals surface area contributed by atoms with Gasteiger partial charge in [0.05, 0.1) is 22.6 Å². The number of ether oxygens (including phenoxy) is 1. The first kappa shape index (κ1) is 27.0. The van der Waals surface area contributed by atoms with Gasteiger partial charge in [-0.2, -0.15) is 0 Å². The van der Waals surface area contributed by atoms with Crippen molar-refractivity contribution >= 4 is 46.5 Å². The zero-order valence-corrected chi connectivity index (χ0v) is 24.9. The Morgan fingerprint density at radius 1 is 0.756 bits per heavy atom. The predicted molar refractivity (Wildman–Crippen MR) is 172 cm³/mol. The summed E-state index contributed by atoms with van der Waals surface area (Å²) >= 11 is 1.59. The zero-order chi connectivity index (χ0) is 31.0. The summed E-state index contributed by atoms with van der Waals surface area (Å²) in [5.41, 5.74) is 3.69. The van der Waals surface area contributed by atoms with Gasteiger partial charge in [0.25, 0.3) is 5.56 Å². The van der Waals surface area contributed by atoms with Gasteiger partial charge in [0.15, 0.2) is 5.78 Å². The van der Waals surface area contributed by atoms with Gasteiger partial charge in [-0.3, -0.25) is 18.7 Å². The molecule has 0 saturated carbocycles. The molecular weight excluding hydrogens is 588 g/mol. The number of rotatable bonds is 2. The van der Waals surface area contributed by atoms with Crippen LogP contribution in [-0.2, 0) is 14.1 Å². The molecule has 9 nitrogen and oxygen atoms in total. The summed E-state index contributed by atoms with van der Waals surface area (Å²) in [4.78, 5) is 57.4. The fraction of sp³-hybridized carbons (Fsp3) is 0.0857. The molecule has 8 rings (SSSR count). The molecule has 45 heavy (non-hydrogen) atoms. The molecule has 0 saturated heterocycles. The summed E-state index contributed by atoms with van der Waals surface area (Å²) < 4.78 is 8.33. The van der Waals surface area contributed by atoms with Gasteiger partial charge < -0.3 is 10.1 Å². The van der Waals surface area contributed by atoms with E-state index in [1.807, 2.05) is 60.7 Å². The summed E-state index contributed by atoms with van der Waals surface area (Å²) in [5, 5.41) is 3.24. The Hall–Kier alpha value is -5.61. The van der Waals surface area contributed by atoms with Crippen molar-refractivity contribution in [3.63, 3.8) is 0 Å². The lowest BCUT2D eigenvalue weighted by Crippen LogP contribution is -2.42. The quantitative estimate of drug-likeness (QED) is 0.259. The Bertz CT molecular complexity index is 2220. The lowest BCUT2D eigenvalue weighted by molar-refractivity contribution is 0.103. The van der Waals surface area contributed by atoms with Gasteiger partial charge in [-0.1, -0.05) is 72.4 Å². The van der Waals surface area contributed by atoms with E-state index in [4.69, 9.17) is 4.74 Å². The van der Waals surface area contributed by atoms with Crippen LogP contribution in [0.2, 0.25) is 0 Å². The van der Waals surface area contributed by atoms with E-state index in [0.29, 0.717) is 45.1 Å². The number of carbonyl (C=O) groups is 2. The van der Waals surface area contributed by atoms with Crippen LogP contribution in [-0.4, -0.2) is 21.0 Å². The van der Waals surface area contributed by atoms with E-state index in [1.165, 1.54) is 11.6 Å². The fourth-order valence-electron chi connectivity index (χ4n) is 6.37. The molecule has 5 aromatic rings. The van der Waals surface area contributed by atoms with E-state index in [-0.39, 0.29) is 5.78 Å². The molecule has 1 aliphatic carbocycles.